The van der Waals surface area contributed by atoms with Crippen molar-refractivity contribution in [2.75, 3.05) is 5.73 Å². The molecule has 0 radical (unpaired) electrons. The van der Waals surface area contributed by atoms with Crippen LogP contribution in [0.1, 0.15) is 38.3 Å². The number of hydrogen-bond acceptors (Lipinski definition) is 7. The molecule has 4 N–H and O–H groups in total. The number of ketones is 1. The fourth-order valence-electron chi connectivity index (χ4n) is 2.48. The molecule has 9 nitrogen and oxygen atoms in total. The zero-order chi connectivity index (χ0) is 17.0. The number of hydrogen-bond donors (Lipinski definition) is 3. The number of aliphatic hydroxyl groups is 1. The van der Waals surface area contributed by atoms with Crippen LogP contribution in [0, 0.1) is 0 Å². The van der Waals surface area contributed by atoms with Gasteiger partial charge in [-0.3, -0.25) is 14.2 Å². The molecule has 0 spiro atoms. The SMILES string of the molecule is Nc1ccn([C@H]2CC(O)[C@@H](CC(=O)CCCC(=O)O)O2)c(=O)n1. The second kappa shape index (κ2) is 7.34. The van der Waals surface area contributed by atoms with Crippen molar-refractivity contribution in [2.24, 2.45) is 0 Å². The maximum absolute atomic E-state index is 11.8. The van der Waals surface area contributed by atoms with Gasteiger partial charge in [-0.1, -0.05) is 0 Å². The van der Waals surface area contributed by atoms with Crippen molar-refractivity contribution in [1.82, 2.24) is 9.55 Å². The Morgan fingerprint density at radius 1 is 1.43 bits per heavy atom. The minimum atomic E-state index is -0.953. The first-order valence-electron chi connectivity index (χ1n) is 7.28. The molecule has 2 heterocycles. The molecule has 9 heteroatoms. The minimum Gasteiger partial charge on any atom is -0.481 e. The number of Topliss-reactive ketones (excluding diaryl/α,β-unsaturated/α-hetero) is 1. The summed E-state index contributed by atoms with van der Waals surface area (Å²) in [5.74, 6) is -1.04. The molecule has 1 unspecified atom stereocenters. The zero-order valence-corrected chi connectivity index (χ0v) is 12.4. The Hall–Kier alpha value is -2.26. The standard InChI is InChI=1S/C14H19N3O6/c15-11-4-5-17(14(22)16-11)12-7-9(19)10(23-12)6-8(18)2-1-3-13(20)21/h4-5,9-10,12,19H,1-3,6-7H2,(H,20,21)(H2,15,16,22)/t9?,10-,12-/m1/s1. The molecule has 1 aromatic heterocycles. The number of carboxylic acid groups (broad SMARTS) is 1. The summed E-state index contributed by atoms with van der Waals surface area (Å²) in [6.07, 6.45) is -0.437. The number of aliphatic hydroxyl groups excluding tert-OH is 1. The third kappa shape index (κ3) is 4.60. The summed E-state index contributed by atoms with van der Waals surface area (Å²) in [5, 5.41) is 18.5. The summed E-state index contributed by atoms with van der Waals surface area (Å²) in [7, 11) is 0. The number of anilines is 1. The molecular weight excluding hydrogens is 306 g/mol. The van der Waals surface area contributed by atoms with E-state index in [4.69, 9.17) is 15.6 Å². The molecule has 0 saturated carbocycles. The van der Waals surface area contributed by atoms with Crippen molar-refractivity contribution in [1.29, 1.82) is 0 Å². The van der Waals surface area contributed by atoms with Crippen molar-refractivity contribution in [2.45, 2.75) is 50.5 Å². The molecule has 0 amide bonds. The lowest BCUT2D eigenvalue weighted by Crippen LogP contribution is -2.27. The van der Waals surface area contributed by atoms with Crippen LogP contribution in [-0.4, -0.2) is 43.7 Å². The second-order valence-corrected chi connectivity index (χ2v) is 5.46. The third-order valence-corrected chi connectivity index (χ3v) is 3.64. The summed E-state index contributed by atoms with van der Waals surface area (Å²) < 4.78 is 6.79. The van der Waals surface area contributed by atoms with Gasteiger partial charge in [-0.2, -0.15) is 4.98 Å². The maximum atomic E-state index is 11.8. The fourth-order valence-corrected chi connectivity index (χ4v) is 2.48. The van der Waals surface area contributed by atoms with Gasteiger partial charge in [-0.25, -0.2) is 4.79 Å². The fraction of sp³-hybridized carbons (Fsp3) is 0.571. The van der Waals surface area contributed by atoms with Gasteiger partial charge in [-0.15, -0.1) is 0 Å². The van der Waals surface area contributed by atoms with Crippen LogP contribution in [0.2, 0.25) is 0 Å². The highest BCUT2D eigenvalue weighted by Gasteiger charge is 2.36. The number of carbonyl (C=O) groups excluding carboxylic acids is 1. The predicted octanol–water partition coefficient (Wildman–Crippen LogP) is -0.312. The monoisotopic (exact) mass is 325 g/mol. The highest BCUT2D eigenvalue weighted by Crippen LogP contribution is 2.29. The van der Waals surface area contributed by atoms with Crippen molar-refractivity contribution in [3.05, 3.63) is 22.7 Å². The van der Waals surface area contributed by atoms with E-state index in [2.05, 4.69) is 4.98 Å². The van der Waals surface area contributed by atoms with Crippen LogP contribution >= 0.6 is 0 Å². The number of ether oxygens (including phenoxy) is 1. The van der Waals surface area contributed by atoms with Crippen LogP contribution in [0.25, 0.3) is 0 Å². The highest BCUT2D eigenvalue weighted by molar-refractivity contribution is 5.79. The summed E-state index contributed by atoms with van der Waals surface area (Å²) in [4.78, 5) is 37.6. The number of carbonyl (C=O) groups is 2. The van der Waals surface area contributed by atoms with Gasteiger partial charge in [0.1, 0.15) is 17.8 Å². The maximum Gasteiger partial charge on any atom is 0.351 e. The summed E-state index contributed by atoms with van der Waals surface area (Å²) >= 11 is 0. The van der Waals surface area contributed by atoms with Crippen LogP contribution in [0.3, 0.4) is 0 Å². The van der Waals surface area contributed by atoms with E-state index in [1.807, 2.05) is 0 Å². The van der Waals surface area contributed by atoms with Gasteiger partial charge in [-0.05, 0) is 12.5 Å². The van der Waals surface area contributed by atoms with Crippen molar-refractivity contribution >= 4 is 17.6 Å². The summed E-state index contributed by atoms with van der Waals surface area (Å²) in [6, 6.07) is 1.45. The lowest BCUT2D eigenvalue weighted by atomic mass is 10.0. The summed E-state index contributed by atoms with van der Waals surface area (Å²) in [6.45, 7) is 0. The molecular formula is C14H19N3O6. The number of rotatable bonds is 7. The predicted molar refractivity (Wildman–Crippen MR) is 78.6 cm³/mol. The number of aromatic nitrogens is 2. The molecule has 1 saturated heterocycles. The molecule has 0 bridgehead atoms. The largest absolute Gasteiger partial charge is 0.481 e. The minimum absolute atomic E-state index is 0.0194. The molecule has 0 aromatic carbocycles. The Morgan fingerprint density at radius 3 is 2.83 bits per heavy atom. The molecule has 1 aromatic rings. The number of nitrogen functional groups attached to an aromatic ring is 1. The third-order valence-electron chi connectivity index (χ3n) is 3.64. The lowest BCUT2D eigenvalue weighted by Gasteiger charge is -2.15. The van der Waals surface area contributed by atoms with E-state index >= 15 is 0 Å². The number of nitrogens with zero attached hydrogens (tertiary/aromatic N) is 2. The van der Waals surface area contributed by atoms with Gasteiger partial charge in [0.15, 0.2) is 0 Å². The first-order valence-corrected chi connectivity index (χ1v) is 7.28. The number of nitrogens with two attached hydrogens (primary N) is 1. The number of aliphatic carboxylic acids is 1. The molecule has 1 aliphatic heterocycles. The van der Waals surface area contributed by atoms with Crippen LogP contribution < -0.4 is 11.4 Å². The number of carboxylic acids is 1. The second-order valence-electron chi connectivity index (χ2n) is 5.46. The zero-order valence-electron chi connectivity index (χ0n) is 12.4. The first-order chi connectivity index (χ1) is 10.9. The normalized spacial score (nSPS) is 23.8. The van der Waals surface area contributed by atoms with Gasteiger partial charge in [0, 0.05) is 31.9 Å². The Bertz CT molecular complexity index is 644. The van der Waals surface area contributed by atoms with Crippen LogP contribution in [0.5, 0.6) is 0 Å². The molecule has 3 atom stereocenters. The molecule has 0 aliphatic carbocycles. The topological polar surface area (TPSA) is 145 Å². The van der Waals surface area contributed by atoms with E-state index in [9.17, 15) is 19.5 Å². The van der Waals surface area contributed by atoms with Gasteiger partial charge < -0.3 is 20.7 Å². The lowest BCUT2D eigenvalue weighted by molar-refractivity contribution is -0.137. The van der Waals surface area contributed by atoms with Crippen LogP contribution in [0.15, 0.2) is 17.1 Å². The molecule has 126 valence electrons. The Balaban J connectivity index is 1.92. The van der Waals surface area contributed by atoms with E-state index in [0.29, 0.717) is 0 Å². The Labute approximate surface area is 131 Å². The van der Waals surface area contributed by atoms with Gasteiger partial charge in [0.05, 0.1) is 12.2 Å². The van der Waals surface area contributed by atoms with Crippen molar-refractivity contribution in [3.63, 3.8) is 0 Å². The average molecular weight is 325 g/mol. The molecule has 1 aliphatic rings. The Kier molecular flexibility index (Phi) is 5.45. The highest BCUT2D eigenvalue weighted by atomic mass is 16.5. The van der Waals surface area contributed by atoms with Gasteiger partial charge in [0.2, 0.25) is 0 Å². The van der Waals surface area contributed by atoms with Gasteiger partial charge >= 0.3 is 11.7 Å². The molecule has 2 rings (SSSR count). The quantitative estimate of drug-likeness (QED) is 0.619. The van der Waals surface area contributed by atoms with E-state index in [1.54, 1.807) is 0 Å². The Morgan fingerprint density at radius 2 is 2.17 bits per heavy atom. The first kappa shape index (κ1) is 17.1. The van der Waals surface area contributed by atoms with Crippen molar-refractivity contribution in [3.8, 4) is 0 Å². The molecule has 1 fully saturated rings. The molecule has 23 heavy (non-hydrogen) atoms. The van der Waals surface area contributed by atoms with E-state index < -0.39 is 30.1 Å². The van der Waals surface area contributed by atoms with E-state index in [0.717, 1.165) is 0 Å². The van der Waals surface area contributed by atoms with E-state index in [-0.39, 0.29) is 43.7 Å². The van der Waals surface area contributed by atoms with Gasteiger partial charge in [0.25, 0.3) is 0 Å². The summed E-state index contributed by atoms with van der Waals surface area (Å²) in [5.41, 5.74) is 4.83. The average Bonchev–Trinajstić information content (AvgIpc) is 2.79. The van der Waals surface area contributed by atoms with Crippen LogP contribution in [0.4, 0.5) is 5.82 Å². The van der Waals surface area contributed by atoms with Crippen LogP contribution in [-0.2, 0) is 14.3 Å². The van der Waals surface area contributed by atoms with Crippen molar-refractivity contribution < 1.29 is 24.5 Å². The van der Waals surface area contributed by atoms with E-state index in [1.165, 1.54) is 16.8 Å². The smallest absolute Gasteiger partial charge is 0.351 e.